The molecule has 0 saturated heterocycles. The highest BCUT2D eigenvalue weighted by Gasteiger charge is 2.20. The first-order chi connectivity index (χ1) is 10.1. The molecule has 1 N–H and O–H groups in total. The molecule has 1 heterocycles. The molecule has 0 unspecified atom stereocenters. The fourth-order valence-corrected chi connectivity index (χ4v) is 2.35. The van der Waals surface area contributed by atoms with Gasteiger partial charge in [-0.3, -0.25) is 0 Å². The van der Waals surface area contributed by atoms with Gasteiger partial charge in [-0.1, -0.05) is 27.7 Å². The quantitative estimate of drug-likeness (QED) is 0.680. The van der Waals surface area contributed by atoms with E-state index in [4.69, 9.17) is 9.15 Å². The highest BCUT2D eigenvalue weighted by molar-refractivity contribution is 5.29. The van der Waals surface area contributed by atoms with E-state index in [2.05, 4.69) is 42.9 Å². The smallest absolute Gasteiger partial charge is 0.297 e. The van der Waals surface area contributed by atoms with Crippen LogP contribution in [-0.2, 0) is 11.3 Å². The summed E-state index contributed by atoms with van der Waals surface area (Å²) in [5.41, 5.74) is 0.957. The molecular weight excluding hydrogens is 266 g/mol. The standard InChI is InChI=1S/C16H31N3O2/c1-6-15(7-2)19(8-9-20-5)16-18-14(12-21-16)11-17-10-13(3)4/h12-13,15,17H,6-11H2,1-5H3. The molecule has 1 rings (SSSR count). The van der Waals surface area contributed by atoms with Crippen molar-refractivity contribution in [3.8, 4) is 0 Å². The molecule has 5 nitrogen and oxygen atoms in total. The second kappa shape index (κ2) is 9.79. The lowest BCUT2D eigenvalue weighted by Gasteiger charge is -2.28. The second-order valence-corrected chi connectivity index (χ2v) is 5.80. The SMILES string of the molecule is CCC(CC)N(CCOC)c1nc(CNCC(C)C)co1. The molecule has 1 aromatic heterocycles. The fraction of sp³-hybridized carbons (Fsp3) is 0.812. The summed E-state index contributed by atoms with van der Waals surface area (Å²) < 4.78 is 10.9. The van der Waals surface area contributed by atoms with Gasteiger partial charge < -0.3 is 19.4 Å². The highest BCUT2D eigenvalue weighted by Crippen LogP contribution is 2.19. The summed E-state index contributed by atoms with van der Waals surface area (Å²) in [6.45, 7) is 12.0. The van der Waals surface area contributed by atoms with E-state index in [1.807, 2.05) is 0 Å². The molecule has 0 spiro atoms. The maximum absolute atomic E-state index is 5.69. The van der Waals surface area contributed by atoms with Crippen molar-refractivity contribution in [3.63, 3.8) is 0 Å². The third kappa shape index (κ3) is 6.06. The lowest BCUT2D eigenvalue weighted by atomic mass is 10.1. The predicted octanol–water partition coefficient (Wildman–Crippen LogP) is 3.06. The van der Waals surface area contributed by atoms with Gasteiger partial charge in [0, 0.05) is 26.2 Å². The third-order valence-electron chi connectivity index (χ3n) is 3.56. The number of nitrogens with one attached hydrogen (secondary N) is 1. The summed E-state index contributed by atoms with van der Waals surface area (Å²) in [6, 6.07) is 1.15. The van der Waals surface area contributed by atoms with Crippen LogP contribution in [0.5, 0.6) is 0 Å². The Balaban J connectivity index is 2.67. The minimum absolute atomic E-state index is 0.440. The van der Waals surface area contributed by atoms with Gasteiger partial charge in [-0.25, -0.2) is 0 Å². The number of methoxy groups -OCH3 is 1. The molecule has 0 fully saturated rings. The van der Waals surface area contributed by atoms with E-state index in [1.54, 1.807) is 13.4 Å². The number of ether oxygens (including phenoxy) is 1. The molecule has 0 amide bonds. The molecule has 0 atom stereocenters. The molecule has 0 radical (unpaired) electrons. The summed E-state index contributed by atoms with van der Waals surface area (Å²) in [5, 5.41) is 3.39. The number of hydrogen-bond acceptors (Lipinski definition) is 5. The third-order valence-corrected chi connectivity index (χ3v) is 3.56. The van der Waals surface area contributed by atoms with Crippen LogP contribution in [0.2, 0.25) is 0 Å². The number of aromatic nitrogens is 1. The second-order valence-electron chi connectivity index (χ2n) is 5.80. The summed E-state index contributed by atoms with van der Waals surface area (Å²) in [5.74, 6) is 0.638. The van der Waals surface area contributed by atoms with Crippen LogP contribution in [0.3, 0.4) is 0 Å². The normalized spacial score (nSPS) is 11.6. The van der Waals surface area contributed by atoms with Gasteiger partial charge in [0.1, 0.15) is 6.26 Å². The zero-order valence-corrected chi connectivity index (χ0v) is 14.2. The van der Waals surface area contributed by atoms with Crippen molar-refractivity contribution in [1.82, 2.24) is 10.3 Å². The Bertz CT molecular complexity index is 375. The summed E-state index contributed by atoms with van der Waals surface area (Å²) in [4.78, 5) is 6.84. The minimum atomic E-state index is 0.440. The van der Waals surface area contributed by atoms with Crippen LogP contribution >= 0.6 is 0 Å². The van der Waals surface area contributed by atoms with E-state index in [-0.39, 0.29) is 0 Å². The largest absolute Gasteiger partial charge is 0.432 e. The van der Waals surface area contributed by atoms with Crippen molar-refractivity contribution in [2.75, 3.05) is 31.7 Å². The van der Waals surface area contributed by atoms with Crippen molar-refractivity contribution in [2.45, 2.75) is 53.1 Å². The summed E-state index contributed by atoms with van der Waals surface area (Å²) in [7, 11) is 1.72. The number of hydrogen-bond donors (Lipinski definition) is 1. The van der Waals surface area contributed by atoms with Gasteiger partial charge in [-0.15, -0.1) is 0 Å². The molecule has 5 heteroatoms. The lowest BCUT2D eigenvalue weighted by molar-refractivity contribution is 0.201. The number of anilines is 1. The van der Waals surface area contributed by atoms with Crippen LogP contribution < -0.4 is 10.2 Å². The van der Waals surface area contributed by atoms with E-state index < -0.39 is 0 Å². The molecule has 0 saturated carbocycles. The number of nitrogens with zero attached hydrogens (tertiary/aromatic N) is 2. The Morgan fingerprint density at radius 1 is 1.33 bits per heavy atom. The molecule has 0 aliphatic heterocycles. The average molecular weight is 297 g/mol. The Labute approximate surface area is 129 Å². The van der Waals surface area contributed by atoms with Gasteiger partial charge in [0.2, 0.25) is 0 Å². The number of oxazole rings is 1. The van der Waals surface area contributed by atoms with Gasteiger partial charge in [0.05, 0.1) is 12.3 Å². The molecule has 0 aliphatic rings. The molecule has 1 aromatic rings. The summed E-state index contributed by atoms with van der Waals surface area (Å²) >= 11 is 0. The zero-order chi connectivity index (χ0) is 15.7. The van der Waals surface area contributed by atoms with Crippen LogP contribution in [0.15, 0.2) is 10.7 Å². The molecule has 0 aliphatic carbocycles. The van der Waals surface area contributed by atoms with Gasteiger partial charge in [-0.05, 0) is 25.3 Å². The Morgan fingerprint density at radius 3 is 2.62 bits per heavy atom. The Hall–Kier alpha value is -1.07. The van der Waals surface area contributed by atoms with Crippen LogP contribution in [-0.4, -0.2) is 37.8 Å². The maximum Gasteiger partial charge on any atom is 0.297 e. The molecule has 0 aromatic carbocycles. The molecule has 21 heavy (non-hydrogen) atoms. The van der Waals surface area contributed by atoms with Crippen molar-refractivity contribution in [1.29, 1.82) is 0 Å². The Morgan fingerprint density at radius 2 is 2.05 bits per heavy atom. The molecule has 0 bridgehead atoms. The predicted molar refractivity (Wildman–Crippen MR) is 86.6 cm³/mol. The van der Waals surface area contributed by atoms with Gasteiger partial charge in [-0.2, -0.15) is 4.98 Å². The van der Waals surface area contributed by atoms with Crippen LogP contribution in [0.4, 0.5) is 6.01 Å². The first kappa shape index (κ1) is 18.0. The first-order valence-corrected chi connectivity index (χ1v) is 8.02. The van der Waals surface area contributed by atoms with E-state index >= 15 is 0 Å². The van der Waals surface area contributed by atoms with Crippen molar-refractivity contribution in [2.24, 2.45) is 5.92 Å². The zero-order valence-electron chi connectivity index (χ0n) is 14.2. The average Bonchev–Trinajstić information content (AvgIpc) is 2.91. The van der Waals surface area contributed by atoms with Gasteiger partial charge in [0.25, 0.3) is 6.01 Å². The Kier molecular flexibility index (Phi) is 8.38. The summed E-state index contributed by atoms with van der Waals surface area (Å²) in [6.07, 6.45) is 3.90. The monoisotopic (exact) mass is 297 g/mol. The first-order valence-electron chi connectivity index (χ1n) is 8.02. The minimum Gasteiger partial charge on any atom is -0.432 e. The lowest BCUT2D eigenvalue weighted by Crippen LogP contribution is -2.37. The van der Waals surface area contributed by atoms with Crippen LogP contribution in [0.1, 0.15) is 46.2 Å². The van der Waals surface area contributed by atoms with E-state index in [9.17, 15) is 0 Å². The molecule has 122 valence electrons. The van der Waals surface area contributed by atoms with Gasteiger partial charge >= 0.3 is 0 Å². The van der Waals surface area contributed by atoms with Crippen molar-refractivity contribution in [3.05, 3.63) is 12.0 Å². The van der Waals surface area contributed by atoms with Crippen molar-refractivity contribution < 1.29 is 9.15 Å². The highest BCUT2D eigenvalue weighted by atomic mass is 16.5. The van der Waals surface area contributed by atoms with Crippen LogP contribution in [0.25, 0.3) is 0 Å². The fourth-order valence-electron chi connectivity index (χ4n) is 2.35. The molecular formula is C16H31N3O2. The van der Waals surface area contributed by atoms with E-state index in [0.717, 1.165) is 38.2 Å². The van der Waals surface area contributed by atoms with Crippen molar-refractivity contribution >= 4 is 6.01 Å². The van der Waals surface area contributed by atoms with E-state index in [1.165, 1.54) is 0 Å². The maximum atomic E-state index is 5.69. The topological polar surface area (TPSA) is 50.5 Å². The van der Waals surface area contributed by atoms with Crippen LogP contribution in [0, 0.1) is 5.92 Å². The van der Waals surface area contributed by atoms with Gasteiger partial charge in [0.15, 0.2) is 0 Å². The number of rotatable bonds is 11. The van der Waals surface area contributed by atoms with E-state index in [0.29, 0.717) is 24.6 Å².